The molecule has 1 aromatic carbocycles. The molecule has 0 aliphatic heterocycles. The molecule has 0 amide bonds. The van der Waals surface area contributed by atoms with E-state index in [1.54, 1.807) is 12.3 Å². The van der Waals surface area contributed by atoms with E-state index >= 15 is 0 Å². The van der Waals surface area contributed by atoms with Crippen LogP contribution in [0.3, 0.4) is 0 Å². The quantitative estimate of drug-likeness (QED) is 0.298. The highest BCUT2D eigenvalue weighted by molar-refractivity contribution is 7.07. The Morgan fingerprint density at radius 3 is 2.50 bits per heavy atom. The van der Waals surface area contributed by atoms with Gasteiger partial charge in [-0.3, -0.25) is 9.59 Å². The summed E-state index contributed by atoms with van der Waals surface area (Å²) in [5.41, 5.74) is 1.15. The van der Waals surface area contributed by atoms with E-state index in [9.17, 15) is 9.59 Å². The molecule has 1 aromatic heterocycles. The summed E-state index contributed by atoms with van der Waals surface area (Å²) < 4.78 is 1.05. The molecule has 0 saturated heterocycles. The number of nitriles is 1. The second kappa shape index (κ2) is 5.50. The van der Waals surface area contributed by atoms with Gasteiger partial charge in [0.05, 0.1) is 11.6 Å². The molecule has 7 heteroatoms. The first-order valence-corrected chi connectivity index (χ1v) is 6.41. The third kappa shape index (κ3) is 2.37. The Kier molecular flexibility index (Phi) is 3.77. The van der Waals surface area contributed by atoms with Gasteiger partial charge in [0.1, 0.15) is 0 Å². The van der Waals surface area contributed by atoms with E-state index in [0.29, 0.717) is 11.3 Å². The highest BCUT2D eigenvalue weighted by Gasteiger charge is 2.20. The van der Waals surface area contributed by atoms with Crippen molar-refractivity contribution in [2.45, 2.75) is 6.92 Å². The number of oxime groups is 1. The van der Waals surface area contributed by atoms with E-state index in [1.165, 1.54) is 24.3 Å². The summed E-state index contributed by atoms with van der Waals surface area (Å²) >= 11 is 0.914. The molecule has 0 spiro atoms. The van der Waals surface area contributed by atoms with Crippen molar-refractivity contribution in [3.8, 4) is 6.07 Å². The molecule has 1 N–H and O–H groups in total. The van der Waals surface area contributed by atoms with Crippen LogP contribution in [0.1, 0.15) is 21.6 Å². The minimum Gasteiger partial charge on any atom is -0.409 e. The summed E-state index contributed by atoms with van der Waals surface area (Å²) in [4.78, 5) is 23.5. The number of rotatable bonds is 2. The lowest BCUT2D eigenvalue weighted by atomic mass is 10.1. The molecule has 0 atom stereocenters. The molecule has 0 radical (unpaired) electrons. The Labute approximate surface area is 117 Å². The molecule has 0 saturated carbocycles. The predicted octanol–water partition coefficient (Wildman–Crippen LogP) is 1.61. The van der Waals surface area contributed by atoms with Gasteiger partial charge in [-0.15, -0.1) is 0 Å². The zero-order valence-corrected chi connectivity index (χ0v) is 11.2. The monoisotopic (exact) mass is 287 g/mol. The van der Waals surface area contributed by atoms with Crippen molar-refractivity contribution in [1.82, 2.24) is 4.57 Å². The van der Waals surface area contributed by atoms with E-state index < -0.39 is 10.7 Å². The smallest absolute Gasteiger partial charge is 0.313 e. The summed E-state index contributed by atoms with van der Waals surface area (Å²) in [5, 5.41) is 22.3. The van der Waals surface area contributed by atoms with Crippen molar-refractivity contribution >= 4 is 23.0 Å². The fourth-order valence-electron chi connectivity index (χ4n) is 1.66. The Bertz CT molecular complexity index is 778. The third-order valence-electron chi connectivity index (χ3n) is 2.65. The van der Waals surface area contributed by atoms with Gasteiger partial charge in [-0.1, -0.05) is 16.5 Å². The van der Waals surface area contributed by atoms with Gasteiger partial charge in [0.2, 0.25) is 11.6 Å². The number of benzene rings is 1. The van der Waals surface area contributed by atoms with Crippen LogP contribution in [0.15, 0.2) is 39.6 Å². The lowest BCUT2D eigenvalue weighted by Gasteiger charge is -2.05. The van der Waals surface area contributed by atoms with Gasteiger partial charge in [0, 0.05) is 16.6 Å². The van der Waals surface area contributed by atoms with Crippen molar-refractivity contribution in [3.05, 3.63) is 56.1 Å². The average Bonchev–Trinajstić information content (AvgIpc) is 2.80. The number of aromatic nitrogens is 1. The summed E-state index contributed by atoms with van der Waals surface area (Å²) in [7, 11) is 0. The first-order chi connectivity index (χ1) is 9.58. The van der Waals surface area contributed by atoms with Crippen molar-refractivity contribution in [1.29, 1.82) is 5.26 Å². The maximum absolute atomic E-state index is 12.2. The molecule has 2 aromatic rings. The third-order valence-corrected chi connectivity index (χ3v) is 3.49. The summed E-state index contributed by atoms with van der Waals surface area (Å²) in [6.45, 7) is 1.63. The number of thiazole rings is 1. The molecule has 2 rings (SSSR count). The Balaban J connectivity index is 2.45. The van der Waals surface area contributed by atoms with Crippen LogP contribution < -0.4 is 4.87 Å². The van der Waals surface area contributed by atoms with E-state index in [1.807, 2.05) is 6.07 Å². The van der Waals surface area contributed by atoms with Gasteiger partial charge in [-0.25, -0.2) is 4.57 Å². The van der Waals surface area contributed by atoms with Crippen LogP contribution in [0.5, 0.6) is 0 Å². The minimum absolute atomic E-state index is 0.231. The van der Waals surface area contributed by atoms with E-state index in [2.05, 4.69) is 5.16 Å². The van der Waals surface area contributed by atoms with Crippen molar-refractivity contribution in [2.24, 2.45) is 5.16 Å². The molecule has 0 aliphatic rings. The normalized spacial score (nSPS) is 11.1. The minimum atomic E-state index is -0.597. The maximum Gasteiger partial charge on any atom is 0.313 e. The SMILES string of the molecule is Cc1csc(=O)n1/C(=N\O)C(=O)c1ccc(C#N)cc1. The van der Waals surface area contributed by atoms with E-state index in [0.717, 1.165) is 15.9 Å². The zero-order chi connectivity index (χ0) is 14.7. The second-order valence-corrected chi connectivity index (χ2v) is 4.74. The van der Waals surface area contributed by atoms with Crippen molar-refractivity contribution in [3.63, 3.8) is 0 Å². The summed E-state index contributed by atoms with van der Waals surface area (Å²) in [6.07, 6.45) is 0. The molecule has 1 heterocycles. The van der Waals surface area contributed by atoms with Gasteiger partial charge in [0.15, 0.2) is 0 Å². The molecule has 6 nitrogen and oxygen atoms in total. The van der Waals surface area contributed by atoms with Crippen molar-refractivity contribution < 1.29 is 10.0 Å². The van der Waals surface area contributed by atoms with Crippen molar-refractivity contribution in [2.75, 3.05) is 0 Å². The largest absolute Gasteiger partial charge is 0.409 e. The summed E-state index contributed by atoms with van der Waals surface area (Å²) in [5.74, 6) is -0.959. The maximum atomic E-state index is 12.2. The zero-order valence-electron chi connectivity index (χ0n) is 10.4. The number of ketones is 1. The van der Waals surface area contributed by atoms with Crippen LogP contribution in [-0.4, -0.2) is 21.4 Å². The number of hydrogen-bond acceptors (Lipinski definition) is 6. The average molecular weight is 287 g/mol. The van der Waals surface area contributed by atoms with Crippen LogP contribution in [0.4, 0.5) is 0 Å². The number of carbonyl (C=O) groups is 1. The Hall–Kier alpha value is -2.72. The molecular formula is C13H9N3O3S. The van der Waals surface area contributed by atoms with E-state index in [4.69, 9.17) is 10.5 Å². The van der Waals surface area contributed by atoms with E-state index in [-0.39, 0.29) is 11.4 Å². The molecule has 0 bridgehead atoms. The number of carbonyl (C=O) groups excluding carboxylic acids is 1. The number of aryl methyl sites for hydroxylation is 1. The number of hydrogen-bond donors (Lipinski definition) is 1. The highest BCUT2D eigenvalue weighted by atomic mass is 32.1. The molecule has 0 unspecified atom stereocenters. The van der Waals surface area contributed by atoms with Gasteiger partial charge in [0.25, 0.3) is 0 Å². The molecule has 20 heavy (non-hydrogen) atoms. The van der Waals surface area contributed by atoms with Gasteiger partial charge >= 0.3 is 4.87 Å². The second-order valence-electron chi connectivity index (χ2n) is 3.92. The standard InChI is InChI=1S/C13H9N3O3S/c1-8-7-20-13(18)16(8)12(15-19)11(17)10-4-2-9(6-14)3-5-10/h2-5,7,19H,1H3/b15-12-. The highest BCUT2D eigenvalue weighted by Crippen LogP contribution is 2.08. The van der Waals surface area contributed by atoms with Crippen LogP contribution >= 0.6 is 11.3 Å². The number of nitrogens with zero attached hydrogens (tertiary/aromatic N) is 3. The van der Waals surface area contributed by atoms with Gasteiger partial charge in [-0.2, -0.15) is 5.26 Å². The van der Waals surface area contributed by atoms with Crippen LogP contribution in [-0.2, 0) is 0 Å². The van der Waals surface area contributed by atoms with Crippen LogP contribution in [0.2, 0.25) is 0 Å². The molecule has 0 fully saturated rings. The van der Waals surface area contributed by atoms with Crippen LogP contribution in [0.25, 0.3) is 0 Å². The van der Waals surface area contributed by atoms with Gasteiger partial charge in [-0.05, 0) is 31.2 Å². The lowest BCUT2D eigenvalue weighted by Crippen LogP contribution is -2.31. The van der Waals surface area contributed by atoms with Crippen LogP contribution in [0, 0.1) is 18.3 Å². The number of Topliss-reactive ketones (excluding diaryl/α,β-unsaturated/α-hetero) is 1. The lowest BCUT2D eigenvalue weighted by molar-refractivity contribution is 0.105. The fraction of sp³-hybridized carbons (Fsp3) is 0.0769. The molecular weight excluding hydrogens is 278 g/mol. The van der Waals surface area contributed by atoms with Gasteiger partial charge < -0.3 is 5.21 Å². The Morgan fingerprint density at radius 2 is 2.05 bits per heavy atom. The predicted molar refractivity (Wildman–Crippen MR) is 73.4 cm³/mol. The summed E-state index contributed by atoms with van der Waals surface area (Å²) in [6, 6.07) is 7.78. The Morgan fingerprint density at radius 1 is 1.40 bits per heavy atom. The molecule has 100 valence electrons. The topological polar surface area (TPSA) is 95.4 Å². The first kappa shape index (κ1) is 13.7. The first-order valence-electron chi connectivity index (χ1n) is 5.53. The molecule has 0 aliphatic carbocycles. The fourth-order valence-corrected chi connectivity index (χ4v) is 2.37.